The van der Waals surface area contributed by atoms with Crippen molar-refractivity contribution < 1.29 is 0 Å². The number of aromatic nitrogens is 2. The smallest absolute Gasteiger partial charge is 0.135 e. The number of para-hydroxylation sites is 1. The SMILES string of the molecule is Cc1cccc(C)c1Nc1cc(N2CCN(Cc3ccccc3)CC2)ncn1. The first-order valence-electron chi connectivity index (χ1n) is 9.85. The number of nitrogens with one attached hydrogen (secondary N) is 1. The number of nitrogens with zero attached hydrogens (tertiary/aromatic N) is 4. The molecule has 0 atom stereocenters. The van der Waals surface area contributed by atoms with Crippen molar-refractivity contribution in [3.63, 3.8) is 0 Å². The largest absolute Gasteiger partial charge is 0.354 e. The number of anilines is 3. The van der Waals surface area contributed by atoms with Crippen molar-refractivity contribution in [3.8, 4) is 0 Å². The number of piperazine rings is 1. The van der Waals surface area contributed by atoms with E-state index in [0.717, 1.165) is 50.0 Å². The molecule has 0 amide bonds. The third kappa shape index (κ3) is 4.31. The highest BCUT2D eigenvalue weighted by Gasteiger charge is 2.18. The molecule has 144 valence electrons. The van der Waals surface area contributed by atoms with Crippen LogP contribution in [0.25, 0.3) is 0 Å². The summed E-state index contributed by atoms with van der Waals surface area (Å²) in [5.41, 5.74) is 4.93. The Hall–Kier alpha value is -2.92. The molecule has 5 heteroatoms. The molecule has 3 aromatic rings. The number of aryl methyl sites for hydroxylation is 2. The molecular formula is C23H27N5. The molecule has 0 bridgehead atoms. The van der Waals surface area contributed by atoms with Gasteiger partial charge in [-0.3, -0.25) is 4.90 Å². The van der Waals surface area contributed by atoms with Gasteiger partial charge in [-0.15, -0.1) is 0 Å². The van der Waals surface area contributed by atoms with Gasteiger partial charge in [-0.25, -0.2) is 9.97 Å². The highest BCUT2D eigenvalue weighted by molar-refractivity contribution is 5.65. The average Bonchev–Trinajstić information content (AvgIpc) is 2.72. The maximum absolute atomic E-state index is 4.51. The van der Waals surface area contributed by atoms with Gasteiger partial charge < -0.3 is 10.2 Å². The van der Waals surface area contributed by atoms with Crippen LogP contribution in [-0.2, 0) is 6.54 Å². The number of hydrogen-bond acceptors (Lipinski definition) is 5. The second kappa shape index (κ2) is 8.40. The van der Waals surface area contributed by atoms with Crippen molar-refractivity contribution in [2.75, 3.05) is 36.4 Å². The maximum atomic E-state index is 4.51. The lowest BCUT2D eigenvalue weighted by Gasteiger charge is -2.35. The van der Waals surface area contributed by atoms with Gasteiger partial charge in [0, 0.05) is 44.5 Å². The summed E-state index contributed by atoms with van der Waals surface area (Å²) in [7, 11) is 0. The van der Waals surface area contributed by atoms with E-state index in [1.807, 2.05) is 0 Å². The molecule has 1 aromatic heterocycles. The third-order valence-corrected chi connectivity index (χ3v) is 5.33. The highest BCUT2D eigenvalue weighted by Crippen LogP contribution is 2.25. The van der Waals surface area contributed by atoms with Crippen LogP contribution >= 0.6 is 0 Å². The Morgan fingerprint density at radius 1 is 0.857 bits per heavy atom. The summed E-state index contributed by atoms with van der Waals surface area (Å²) in [6.45, 7) is 9.28. The van der Waals surface area contributed by atoms with Gasteiger partial charge in [0.05, 0.1) is 0 Å². The van der Waals surface area contributed by atoms with E-state index in [1.165, 1.54) is 16.7 Å². The van der Waals surface area contributed by atoms with Crippen molar-refractivity contribution in [2.24, 2.45) is 0 Å². The second-order valence-electron chi connectivity index (χ2n) is 7.40. The topological polar surface area (TPSA) is 44.3 Å². The molecule has 1 aliphatic heterocycles. The van der Waals surface area contributed by atoms with E-state index < -0.39 is 0 Å². The Morgan fingerprint density at radius 3 is 2.29 bits per heavy atom. The molecule has 5 nitrogen and oxygen atoms in total. The van der Waals surface area contributed by atoms with Gasteiger partial charge >= 0.3 is 0 Å². The Balaban J connectivity index is 1.40. The Morgan fingerprint density at radius 2 is 1.57 bits per heavy atom. The molecule has 0 saturated carbocycles. The van der Waals surface area contributed by atoms with Crippen LogP contribution in [0.2, 0.25) is 0 Å². The van der Waals surface area contributed by atoms with Gasteiger partial charge in [0.1, 0.15) is 18.0 Å². The molecule has 0 aliphatic carbocycles. The number of hydrogen-bond donors (Lipinski definition) is 1. The first-order valence-corrected chi connectivity index (χ1v) is 9.85. The normalized spacial score (nSPS) is 14.9. The van der Waals surface area contributed by atoms with Gasteiger partial charge in [0.2, 0.25) is 0 Å². The molecule has 1 aliphatic rings. The van der Waals surface area contributed by atoms with Gasteiger partial charge in [0.25, 0.3) is 0 Å². The zero-order chi connectivity index (χ0) is 19.3. The molecule has 1 N–H and O–H groups in total. The first-order chi connectivity index (χ1) is 13.7. The fourth-order valence-electron chi connectivity index (χ4n) is 3.70. The lowest BCUT2D eigenvalue weighted by molar-refractivity contribution is 0.249. The Bertz CT molecular complexity index is 897. The van der Waals surface area contributed by atoms with Crippen LogP contribution in [0, 0.1) is 13.8 Å². The lowest BCUT2D eigenvalue weighted by Crippen LogP contribution is -2.46. The average molecular weight is 374 g/mol. The molecule has 2 heterocycles. The van der Waals surface area contributed by atoms with Crippen molar-refractivity contribution in [1.82, 2.24) is 14.9 Å². The molecule has 28 heavy (non-hydrogen) atoms. The van der Waals surface area contributed by atoms with E-state index in [-0.39, 0.29) is 0 Å². The highest BCUT2D eigenvalue weighted by atomic mass is 15.3. The van der Waals surface area contributed by atoms with Crippen LogP contribution in [0.3, 0.4) is 0 Å². The zero-order valence-electron chi connectivity index (χ0n) is 16.6. The van der Waals surface area contributed by atoms with E-state index in [4.69, 9.17) is 0 Å². The van der Waals surface area contributed by atoms with Crippen LogP contribution in [0.5, 0.6) is 0 Å². The number of rotatable bonds is 5. The summed E-state index contributed by atoms with van der Waals surface area (Å²) in [5, 5.41) is 3.47. The van der Waals surface area contributed by atoms with E-state index in [1.54, 1.807) is 6.33 Å². The monoisotopic (exact) mass is 373 g/mol. The zero-order valence-corrected chi connectivity index (χ0v) is 16.6. The predicted octanol–water partition coefficient (Wildman–Crippen LogP) is 4.16. The second-order valence-corrected chi connectivity index (χ2v) is 7.40. The van der Waals surface area contributed by atoms with Crippen molar-refractivity contribution in [3.05, 3.63) is 77.6 Å². The van der Waals surface area contributed by atoms with E-state index >= 15 is 0 Å². The van der Waals surface area contributed by atoms with Gasteiger partial charge in [-0.05, 0) is 30.5 Å². The van der Waals surface area contributed by atoms with Crippen LogP contribution in [0.15, 0.2) is 60.9 Å². The van der Waals surface area contributed by atoms with Crippen LogP contribution in [0.1, 0.15) is 16.7 Å². The molecule has 1 saturated heterocycles. The van der Waals surface area contributed by atoms with Crippen molar-refractivity contribution in [2.45, 2.75) is 20.4 Å². The third-order valence-electron chi connectivity index (χ3n) is 5.33. The van der Waals surface area contributed by atoms with Gasteiger partial charge in [-0.1, -0.05) is 48.5 Å². The Labute approximate surface area is 167 Å². The van der Waals surface area contributed by atoms with Crippen LogP contribution < -0.4 is 10.2 Å². The summed E-state index contributed by atoms with van der Waals surface area (Å²) in [5.74, 6) is 1.83. The van der Waals surface area contributed by atoms with Crippen molar-refractivity contribution >= 4 is 17.3 Å². The molecule has 0 radical (unpaired) electrons. The summed E-state index contributed by atoms with van der Waals surface area (Å²) >= 11 is 0. The minimum absolute atomic E-state index is 0.842. The lowest BCUT2D eigenvalue weighted by atomic mass is 10.1. The molecule has 0 spiro atoms. The standard InChI is InChI=1S/C23H27N5/c1-18-7-6-8-19(2)23(18)26-21-15-22(25-17-24-21)28-13-11-27(12-14-28)16-20-9-4-3-5-10-20/h3-10,15,17H,11-14,16H2,1-2H3,(H,24,25,26). The fourth-order valence-corrected chi connectivity index (χ4v) is 3.70. The molecule has 1 fully saturated rings. The van der Waals surface area contributed by atoms with Crippen LogP contribution in [0.4, 0.5) is 17.3 Å². The molecule has 0 unspecified atom stereocenters. The maximum Gasteiger partial charge on any atom is 0.135 e. The minimum atomic E-state index is 0.842. The van der Waals surface area contributed by atoms with Gasteiger partial charge in [0.15, 0.2) is 0 Å². The quantitative estimate of drug-likeness (QED) is 0.727. The summed E-state index contributed by atoms with van der Waals surface area (Å²) in [6, 6.07) is 19.0. The summed E-state index contributed by atoms with van der Waals surface area (Å²) in [6.07, 6.45) is 1.65. The van der Waals surface area contributed by atoms with E-state index in [2.05, 4.69) is 93.5 Å². The first kappa shape index (κ1) is 18.4. The van der Waals surface area contributed by atoms with E-state index in [9.17, 15) is 0 Å². The summed E-state index contributed by atoms with van der Waals surface area (Å²) in [4.78, 5) is 13.8. The van der Waals surface area contributed by atoms with Crippen molar-refractivity contribution in [1.29, 1.82) is 0 Å². The molecule has 4 rings (SSSR count). The Kier molecular flexibility index (Phi) is 5.53. The fraction of sp³-hybridized carbons (Fsp3) is 0.304. The predicted molar refractivity (Wildman–Crippen MR) is 115 cm³/mol. The molecule has 2 aromatic carbocycles. The van der Waals surface area contributed by atoms with Crippen LogP contribution in [-0.4, -0.2) is 41.0 Å². The minimum Gasteiger partial charge on any atom is -0.354 e. The van der Waals surface area contributed by atoms with E-state index in [0.29, 0.717) is 0 Å². The molecular weight excluding hydrogens is 346 g/mol. The number of benzene rings is 2. The summed E-state index contributed by atoms with van der Waals surface area (Å²) < 4.78 is 0. The van der Waals surface area contributed by atoms with Gasteiger partial charge in [-0.2, -0.15) is 0 Å².